The molecule has 0 spiro atoms. The molecule has 0 atom stereocenters. The Labute approximate surface area is 156 Å². The van der Waals surface area contributed by atoms with Gasteiger partial charge in [0.1, 0.15) is 17.4 Å². The number of hydrogen-bond acceptors (Lipinski definition) is 4. The predicted molar refractivity (Wildman–Crippen MR) is 101 cm³/mol. The maximum atomic E-state index is 13.1. The number of carbonyl (C=O) groups excluding carboxylic acids is 1. The number of nitrogens with zero attached hydrogens (tertiary/aromatic N) is 2. The van der Waals surface area contributed by atoms with Gasteiger partial charge in [0, 0.05) is 6.07 Å². The van der Waals surface area contributed by atoms with Crippen LogP contribution in [0.3, 0.4) is 0 Å². The predicted octanol–water partition coefficient (Wildman–Crippen LogP) is 2.87. The molecule has 1 amide bonds. The van der Waals surface area contributed by atoms with Crippen molar-refractivity contribution in [1.29, 1.82) is 0 Å². The van der Waals surface area contributed by atoms with Crippen LogP contribution in [0.1, 0.15) is 11.3 Å². The van der Waals surface area contributed by atoms with Gasteiger partial charge in [-0.25, -0.2) is 17.5 Å². The van der Waals surface area contributed by atoms with Crippen molar-refractivity contribution in [2.75, 3.05) is 11.1 Å². The van der Waals surface area contributed by atoms with Gasteiger partial charge in [0.15, 0.2) is 9.84 Å². The summed E-state index contributed by atoms with van der Waals surface area (Å²) in [6.45, 7) is 1.74. The highest BCUT2D eigenvalue weighted by Gasteiger charge is 2.19. The Morgan fingerprint density at radius 3 is 2.44 bits per heavy atom. The van der Waals surface area contributed by atoms with Crippen molar-refractivity contribution in [3.05, 3.63) is 77.7 Å². The molecular formula is C19H18FN3O3S. The van der Waals surface area contributed by atoms with E-state index in [9.17, 15) is 17.6 Å². The van der Waals surface area contributed by atoms with Gasteiger partial charge in [-0.05, 0) is 36.8 Å². The van der Waals surface area contributed by atoms with Gasteiger partial charge in [-0.2, -0.15) is 5.10 Å². The lowest BCUT2D eigenvalue weighted by Gasteiger charge is -2.09. The van der Waals surface area contributed by atoms with Gasteiger partial charge in [-0.15, -0.1) is 0 Å². The number of anilines is 1. The molecule has 6 nitrogen and oxygen atoms in total. The van der Waals surface area contributed by atoms with E-state index in [0.717, 1.165) is 0 Å². The minimum absolute atomic E-state index is 0.211. The van der Waals surface area contributed by atoms with Crippen molar-refractivity contribution in [1.82, 2.24) is 9.78 Å². The van der Waals surface area contributed by atoms with Crippen LogP contribution in [0.25, 0.3) is 5.69 Å². The van der Waals surface area contributed by atoms with Crippen molar-refractivity contribution in [3.8, 4) is 5.69 Å². The van der Waals surface area contributed by atoms with E-state index in [1.54, 1.807) is 43.3 Å². The standard InChI is InChI=1S/C19H18FN3O3S/c1-14-11-18(23(22-14)17-9-7-16(20)8-10-17)21-19(24)13-27(25,26)12-15-5-3-2-4-6-15/h2-11H,12-13H2,1H3,(H,21,24). The fourth-order valence-electron chi connectivity index (χ4n) is 2.63. The summed E-state index contributed by atoms with van der Waals surface area (Å²) in [4.78, 5) is 12.3. The number of carbonyl (C=O) groups is 1. The van der Waals surface area contributed by atoms with E-state index >= 15 is 0 Å². The van der Waals surface area contributed by atoms with Crippen molar-refractivity contribution in [2.45, 2.75) is 12.7 Å². The summed E-state index contributed by atoms with van der Waals surface area (Å²) >= 11 is 0. The van der Waals surface area contributed by atoms with Gasteiger partial charge in [0.25, 0.3) is 0 Å². The van der Waals surface area contributed by atoms with Crippen LogP contribution >= 0.6 is 0 Å². The van der Waals surface area contributed by atoms with Crippen LogP contribution in [0.4, 0.5) is 10.2 Å². The number of benzene rings is 2. The van der Waals surface area contributed by atoms with E-state index in [-0.39, 0.29) is 11.6 Å². The first-order valence-corrected chi connectivity index (χ1v) is 10.0. The zero-order valence-corrected chi connectivity index (χ0v) is 15.4. The highest BCUT2D eigenvalue weighted by atomic mass is 32.2. The van der Waals surface area contributed by atoms with Gasteiger partial charge < -0.3 is 5.32 Å². The second-order valence-corrected chi connectivity index (χ2v) is 8.19. The Morgan fingerprint density at radius 2 is 1.78 bits per heavy atom. The minimum Gasteiger partial charge on any atom is -0.310 e. The Morgan fingerprint density at radius 1 is 1.11 bits per heavy atom. The number of sulfone groups is 1. The normalized spacial score (nSPS) is 11.3. The molecule has 0 aliphatic carbocycles. The molecule has 1 aromatic heterocycles. The first-order valence-electron chi connectivity index (χ1n) is 8.19. The molecular weight excluding hydrogens is 369 g/mol. The molecule has 0 unspecified atom stereocenters. The summed E-state index contributed by atoms with van der Waals surface area (Å²) in [5, 5.41) is 6.83. The van der Waals surface area contributed by atoms with Crippen molar-refractivity contribution in [2.24, 2.45) is 0 Å². The summed E-state index contributed by atoms with van der Waals surface area (Å²) in [5.74, 6) is -1.58. The van der Waals surface area contributed by atoms with Gasteiger partial charge in [0.2, 0.25) is 5.91 Å². The van der Waals surface area contributed by atoms with Gasteiger partial charge in [-0.3, -0.25) is 4.79 Å². The van der Waals surface area contributed by atoms with Crippen LogP contribution in [-0.4, -0.2) is 29.9 Å². The SMILES string of the molecule is Cc1cc(NC(=O)CS(=O)(=O)Cc2ccccc2)n(-c2ccc(F)cc2)n1. The monoisotopic (exact) mass is 387 g/mol. The second-order valence-electron chi connectivity index (χ2n) is 6.13. The molecule has 0 bridgehead atoms. The van der Waals surface area contributed by atoms with Crippen LogP contribution in [0.15, 0.2) is 60.7 Å². The van der Waals surface area contributed by atoms with E-state index in [2.05, 4.69) is 10.4 Å². The second kappa shape index (κ2) is 7.71. The Hall–Kier alpha value is -3.00. The molecule has 8 heteroatoms. The lowest BCUT2D eigenvalue weighted by molar-refractivity contribution is -0.113. The molecule has 27 heavy (non-hydrogen) atoms. The van der Waals surface area contributed by atoms with Crippen molar-refractivity contribution < 1.29 is 17.6 Å². The third kappa shape index (κ3) is 5.01. The van der Waals surface area contributed by atoms with Crippen LogP contribution in [0.2, 0.25) is 0 Å². The van der Waals surface area contributed by atoms with E-state index in [1.807, 2.05) is 0 Å². The molecule has 0 saturated heterocycles. The number of hydrogen-bond donors (Lipinski definition) is 1. The average molecular weight is 387 g/mol. The zero-order chi connectivity index (χ0) is 19.4. The van der Waals surface area contributed by atoms with E-state index in [1.165, 1.54) is 28.9 Å². The third-order valence-electron chi connectivity index (χ3n) is 3.75. The van der Waals surface area contributed by atoms with Crippen molar-refractivity contribution in [3.63, 3.8) is 0 Å². The minimum atomic E-state index is -3.62. The average Bonchev–Trinajstić information content (AvgIpc) is 2.95. The fourth-order valence-corrected chi connectivity index (χ4v) is 3.90. The number of nitrogens with one attached hydrogen (secondary N) is 1. The smallest absolute Gasteiger partial charge is 0.240 e. The van der Waals surface area contributed by atoms with E-state index < -0.39 is 21.5 Å². The lowest BCUT2D eigenvalue weighted by atomic mass is 10.2. The molecule has 3 aromatic rings. The molecule has 0 aliphatic rings. The molecule has 0 fully saturated rings. The number of rotatable bonds is 6. The third-order valence-corrected chi connectivity index (χ3v) is 5.23. The van der Waals surface area contributed by atoms with Gasteiger partial charge >= 0.3 is 0 Å². The maximum Gasteiger partial charge on any atom is 0.240 e. The first-order chi connectivity index (χ1) is 12.8. The molecule has 0 radical (unpaired) electrons. The molecule has 1 N–H and O–H groups in total. The summed E-state index contributed by atoms with van der Waals surface area (Å²) in [5.41, 5.74) is 1.80. The molecule has 0 saturated carbocycles. The maximum absolute atomic E-state index is 13.1. The highest BCUT2D eigenvalue weighted by molar-refractivity contribution is 7.91. The van der Waals surface area contributed by atoms with Gasteiger partial charge in [0.05, 0.1) is 17.1 Å². The van der Waals surface area contributed by atoms with E-state index in [0.29, 0.717) is 22.8 Å². The topological polar surface area (TPSA) is 81.1 Å². The van der Waals surface area contributed by atoms with E-state index in [4.69, 9.17) is 0 Å². The van der Waals surface area contributed by atoms with Crippen molar-refractivity contribution >= 4 is 21.6 Å². The summed E-state index contributed by atoms with van der Waals surface area (Å²) in [7, 11) is -3.62. The summed E-state index contributed by atoms with van der Waals surface area (Å²) in [6.07, 6.45) is 0. The summed E-state index contributed by atoms with van der Waals surface area (Å²) in [6, 6.07) is 15.9. The Balaban J connectivity index is 1.74. The first kappa shape index (κ1) is 18.8. The molecule has 1 heterocycles. The van der Waals surface area contributed by atoms with Crippen LogP contribution in [0, 0.1) is 12.7 Å². The number of amides is 1. The summed E-state index contributed by atoms with van der Waals surface area (Å²) < 4.78 is 39.1. The number of aromatic nitrogens is 2. The lowest BCUT2D eigenvalue weighted by Crippen LogP contribution is -2.25. The largest absolute Gasteiger partial charge is 0.310 e. The van der Waals surface area contributed by atoms with Crippen LogP contribution in [0.5, 0.6) is 0 Å². The highest BCUT2D eigenvalue weighted by Crippen LogP contribution is 2.18. The number of halogens is 1. The fraction of sp³-hybridized carbons (Fsp3) is 0.158. The van der Waals surface area contributed by atoms with Crippen LogP contribution in [-0.2, 0) is 20.4 Å². The molecule has 0 aliphatic heterocycles. The molecule has 2 aromatic carbocycles. The molecule has 3 rings (SSSR count). The quantitative estimate of drug-likeness (QED) is 0.705. The van der Waals surface area contributed by atoms with Crippen LogP contribution < -0.4 is 5.32 Å². The number of aryl methyl sites for hydroxylation is 1. The Bertz CT molecular complexity index is 1050. The Kier molecular flexibility index (Phi) is 5.36. The zero-order valence-electron chi connectivity index (χ0n) is 14.6. The van der Waals surface area contributed by atoms with Gasteiger partial charge in [-0.1, -0.05) is 30.3 Å². The molecule has 140 valence electrons.